The molecule has 104 valence electrons. The topological polar surface area (TPSA) is 41.1 Å². The number of para-hydroxylation sites is 1. The van der Waals surface area contributed by atoms with Crippen LogP contribution in [-0.2, 0) is 6.54 Å². The van der Waals surface area contributed by atoms with Crippen LogP contribution in [-0.4, -0.2) is 6.03 Å². The summed E-state index contributed by atoms with van der Waals surface area (Å²) in [7, 11) is 0. The molecule has 0 aromatic heterocycles. The van der Waals surface area contributed by atoms with Gasteiger partial charge < -0.3 is 10.6 Å². The zero-order valence-electron chi connectivity index (χ0n) is 11.5. The summed E-state index contributed by atoms with van der Waals surface area (Å²) in [6.45, 7) is 4.46. The average molecular weight is 333 g/mol. The second kappa shape index (κ2) is 6.57. The lowest BCUT2D eigenvalue weighted by molar-refractivity contribution is 0.251. The van der Waals surface area contributed by atoms with Crippen molar-refractivity contribution in [2.75, 3.05) is 5.32 Å². The van der Waals surface area contributed by atoms with Gasteiger partial charge in [-0.2, -0.15) is 0 Å². The second-order valence-corrected chi connectivity index (χ2v) is 5.62. The number of anilines is 1. The number of rotatable bonds is 3. The molecule has 2 aromatic carbocycles. The van der Waals surface area contributed by atoms with E-state index < -0.39 is 0 Å². The van der Waals surface area contributed by atoms with Crippen molar-refractivity contribution in [1.82, 2.24) is 5.32 Å². The summed E-state index contributed by atoms with van der Waals surface area (Å²) in [6.07, 6.45) is 0. The van der Waals surface area contributed by atoms with E-state index >= 15 is 0 Å². The third-order valence-electron chi connectivity index (χ3n) is 3.06. The summed E-state index contributed by atoms with van der Waals surface area (Å²) in [5, 5.41) is 5.76. The Balaban J connectivity index is 1.96. The summed E-state index contributed by atoms with van der Waals surface area (Å²) in [6, 6.07) is 13.6. The minimum absolute atomic E-state index is 0.192. The molecule has 20 heavy (non-hydrogen) atoms. The number of nitrogens with one attached hydrogen (secondary N) is 2. The smallest absolute Gasteiger partial charge is 0.319 e. The number of halogens is 1. The Kier molecular flexibility index (Phi) is 4.79. The molecule has 0 spiro atoms. The van der Waals surface area contributed by atoms with Gasteiger partial charge in [0.25, 0.3) is 0 Å². The van der Waals surface area contributed by atoms with Gasteiger partial charge in [-0.05, 0) is 42.7 Å². The van der Waals surface area contributed by atoms with Gasteiger partial charge in [-0.15, -0.1) is 0 Å². The molecule has 0 aliphatic carbocycles. The van der Waals surface area contributed by atoms with Crippen LogP contribution in [0.5, 0.6) is 0 Å². The van der Waals surface area contributed by atoms with E-state index in [-0.39, 0.29) is 6.03 Å². The molecule has 0 fully saturated rings. The van der Waals surface area contributed by atoms with Gasteiger partial charge in [-0.25, -0.2) is 4.79 Å². The molecule has 2 rings (SSSR count). The maximum absolute atomic E-state index is 11.9. The van der Waals surface area contributed by atoms with Crippen LogP contribution in [0, 0.1) is 13.8 Å². The van der Waals surface area contributed by atoms with Gasteiger partial charge in [0.2, 0.25) is 0 Å². The van der Waals surface area contributed by atoms with Gasteiger partial charge >= 0.3 is 6.03 Å². The van der Waals surface area contributed by atoms with Gasteiger partial charge in [-0.1, -0.05) is 46.3 Å². The molecule has 0 aliphatic heterocycles. The van der Waals surface area contributed by atoms with E-state index in [0.29, 0.717) is 6.54 Å². The normalized spacial score (nSPS) is 10.2. The molecule has 0 bridgehead atoms. The van der Waals surface area contributed by atoms with Crippen molar-refractivity contribution in [3.05, 3.63) is 63.6 Å². The van der Waals surface area contributed by atoms with Crippen LogP contribution in [0.2, 0.25) is 0 Å². The minimum atomic E-state index is -0.192. The van der Waals surface area contributed by atoms with Crippen molar-refractivity contribution in [3.8, 4) is 0 Å². The van der Waals surface area contributed by atoms with E-state index in [4.69, 9.17) is 0 Å². The van der Waals surface area contributed by atoms with E-state index in [1.54, 1.807) is 0 Å². The molecular formula is C16H17BrN2O. The maximum atomic E-state index is 11.9. The highest BCUT2D eigenvalue weighted by molar-refractivity contribution is 9.10. The zero-order chi connectivity index (χ0) is 14.5. The van der Waals surface area contributed by atoms with Crippen LogP contribution in [0.4, 0.5) is 10.5 Å². The van der Waals surface area contributed by atoms with Crippen LogP contribution in [0.25, 0.3) is 0 Å². The minimum Gasteiger partial charge on any atom is -0.334 e. The fourth-order valence-electron chi connectivity index (χ4n) is 2.00. The lowest BCUT2D eigenvalue weighted by atomic mass is 10.1. The van der Waals surface area contributed by atoms with Gasteiger partial charge in [0.05, 0.1) is 0 Å². The molecule has 2 amide bonds. The van der Waals surface area contributed by atoms with Gasteiger partial charge in [0.1, 0.15) is 0 Å². The Bertz CT molecular complexity index is 605. The molecule has 3 nitrogen and oxygen atoms in total. The lowest BCUT2D eigenvalue weighted by Crippen LogP contribution is -2.28. The van der Waals surface area contributed by atoms with Crippen LogP contribution >= 0.6 is 15.9 Å². The van der Waals surface area contributed by atoms with Crippen LogP contribution in [0.15, 0.2) is 46.9 Å². The number of carbonyl (C=O) groups excluding carboxylic acids is 1. The Morgan fingerprint density at radius 1 is 1.10 bits per heavy atom. The highest BCUT2D eigenvalue weighted by atomic mass is 79.9. The molecule has 0 radical (unpaired) electrons. The van der Waals surface area contributed by atoms with E-state index in [1.165, 1.54) is 0 Å². The van der Waals surface area contributed by atoms with Crippen molar-refractivity contribution in [3.63, 3.8) is 0 Å². The highest BCUT2D eigenvalue weighted by Gasteiger charge is 2.06. The largest absolute Gasteiger partial charge is 0.334 e. The first-order valence-electron chi connectivity index (χ1n) is 6.42. The molecule has 0 unspecified atom stereocenters. The Hall–Kier alpha value is -1.81. The zero-order valence-corrected chi connectivity index (χ0v) is 13.1. The highest BCUT2D eigenvalue weighted by Crippen LogP contribution is 2.19. The van der Waals surface area contributed by atoms with Gasteiger partial charge in [0.15, 0.2) is 0 Å². The quantitative estimate of drug-likeness (QED) is 0.859. The van der Waals surface area contributed by atoms with Crippen molar-refractivity contribution in [1.29, 1.82) is 0 Å². The van der Waals surface area contributed by atoms with Crippen molar-refractivity contribution < 1.29 is 4.79 Å². The van der Waals surface area contributed by atoms with Crippen LogP contribution in [0.1, 0.15) is 16.7 Å². The van der Waals surface area contributed by atoms with E-state index in [1.807, 2.05) is 56.3 Å². The molecule has 0 saturated carbocycles. The molecule has 0 heterocycles. The first kappa shape index (κ1) is 14.6. The molecule has 0 saturated heterocycles. The summed E-state index contributed by atoms with van der Waals surface area (Å²) < 4.78 is 1.01. The fraction of sp³-hybridized carbons (Fsp3) is 0.188. The Labute approximate surface area is 127 Å². The molecule has 4 heteroatoms. The predicted octanol–water partition coefficient (Wildman–Crippen LogP) is 4.39. The molecule has 0 atom stereocenters. The third-order valence-corrected chi connectivity index (χ3v) is 3.56. The van der Waals surface area contributed by atoms with E-state index in [2.05, 4.69) is 26.6 Å². The number of hydrogen-bond acceptors (Lipinski definition) is 1. The molecule has 2 N–H and O–H groups in total. The standard InChI is InChI=1S/C16H17BrN2O/c1-11-5-3-6-12(2)15(11)19-16(20)18-10-13-7-4-8-14(17)9-13/h3-9H,10H2,1-2H3,(H2,18,19,20). The lowest BCUT2D eigenvalue weighted by Gasteiger charge is -2.12. The van der Waals surface area contributed by atoms with Crippen molar-refractivity contribution >= 4 is 27.6 Å². The number of amides is 2. The van der Waals surface area contributed by atoms with E-state index in [9.17, 15) is 4.79 Å². The number of hydrogen-bond donors (Lipinski definition) is 2. The first-order valence-corrected chi connectivity index (χ1v) is 7.21. The third kappa shape index (κ3) is 3.84. The van der Waals surface area contributed by atoms with Gasteiger partial charge in [-0.3, -0.25) is 0 Å². The summed E-state index contributed by atoms with van der Waals surface area (Å²) in [5.41, 5.74) is 4.04. The average Bonchev–Trinajstić information content (AvgIpc) is 2.41. The molecule has 0 aliphatic rings. The fourth-order valence-corrected chi connectivity index (χ4v) is 2.45. The first-order chi connectivity index (χ1) is 9.56. The maximum Gasteiger partial charge on any atom is 0.319 e. The van der Waals surface area contributed by atoms with Crippen LogP contribution in [0.3, 0.4) is 0 Å². The second-order valence-electron chi connectivity index (χ2n) is 4.70. The molecule has 2 aromatic rings. The molecular weight excluding hydrogens is 316 g/mol. The van der Waals surface area contributed by atoms with Crippen molar-refractivity contribution in [2.45, 2.75) is 20.4 Å². The van der Waals surface area contributed by atoms with Gasteiger partial charge in [0, 0.05) is 16.7 Å². The Morgan fingerprint density at radius 2 is 1.75 bits per heavy atom. The summed E-state index contributed by atoms with van der Waals surface area (Å²) >= 11 is 3.41. The van der Waals surface area contributed by atoms with Crippen LogP contribution < -0.4 is 10.6 Å². The van der Waals surface area contributed by atoms with E-state index in [0.717, 1.165) is 26.9 Å². The number of carbonyl (C=O) groups is 1. The SMILES string of the molecule is Cc1cccc(C)c1NC(=O)NCc1cccc(Br)c1. The summed E-state index contributed by atoms with van der Waals surface area (Å²) in [4.78, 5) is 11.9. The Morgan fingerprint density at radius 3 is 2.40 bits per heavy atom. The number of urea groups is 1. The number of benzene rings is 2. The summed E-state index contributed by atoms with van der Waals surface area (Å²) in [5.74, 6) is 0. The van der Waals surface area contributed by atoms with Crippen molar-refractivity contribution in [2.24, 2.45) is 0 Å². The monoisotopic (exact) mass is 332 g/mol. The number of aryl methyl sites for hydroxylation is 2. The predicted molar refractivity (Wildman–Crippen MR) is 85.9 cm³/mol.